The van der Waals surface area contributed by atoms with Crippen LogP contribution in [0.3, 0.4) is 0 Å². The molecule has 0 radical (unpaired) electrons. The maximum Gasteiger partial charge on any atom is 0.269 e. The minimum Gasteiger partial charge on any atom is -0.223 e. The summed E-state index contributed by atoms with van der Waals surface area (Å²) < 4.78 is 37.1. The van der Waals surface area contributed by atoms with Crippen molar-refractivity contribution < 1.29 is 13.2 Å². The van der Waals surface area contributed by atoms with E-state index < -0.39 is 17.9 Å². The van der Waals surface area contributed by atoms with E-state index in [-0.39, 0.29) is 16.6 Å². The van der Waals surface area contributed by atoms with Crippen LogP contribution in [-0.2, 0) is 5.88 Å². The topological polar surface area (TPSA) is 12.9 Å². The molecule has 1 nitrogen and oxygen atoms in total. The van der Waals surface area contributed by atoms with E-state index in [9.17, 15) is 13.2 Å². The quantitative estimate of drug-likeness (QED) is 0.559. The molecule has 6 heteroatoms. The number of halogens is 5. The number of alkyl halides is 3. The van der Waals surface area contributed by atoms with Crippen LogP contribution in [-0.4, -0.2) is 4.98 Å². The summed E-state index contributed by atoms with van der Waals surface area (Å²) in [4.78, 5) is 3.21. The molecule has 0 fully saturated rings. The Morgan fingerprint density at radius 1 is 1.46 bits per heavy atom. The Morgan fingerprint density at radius 3 is 2.46 bits per heavy atom. The van der Waals surface area contributed by atoms with Crippen LogP contribution in [0.25, 0.3) is 0 Å². The van der Waals surface area contributed by atoms with Crippen LogP contribution in [0.2, 0.25) is 5.02 Å². The molecule has 1 heterocycles. The van der Waals surface area contributed by atoms with Crippen molar-refractivity contribution >= 4 is 23.2 Å². The molecule has 0 spiro atoms. The molecule has 0 bridgehead atoms. The van der Waals surface area contributed by atoms with Gasteiger partial charge >= 0.3 is 0 Å². The second-order valence-electron chi connectivity index (χ2n) is 2.23. The molecule has 0 aromatic carbocycles. The number of pyridine rings is 1. The molecule has 0 saturated carbocycles. The van der Waals surface area contributed by atoms with E-state index in [1.165, 1.54) is 0 Å². The SMILES string of the molecule is Fc1nc(CCl)cc(Cl)c1C(F)F. The zero-order valence-electron chi connectivity index (χ0n) is 6.20. The van der Waals surface area contributed by atoms with Crippen molar-refractivity contribution in [2.75, 3.05) is 0 Å². The van der Waals surface area contributed by atoms with Crippen molar-refractivity contribution in [2.45, 2.75) is 12.3 Å². The van der Waals surface area contributed by atoms with Crippen LogP contribution in [0.5, 0.6) is 0 Å². The van der Waals surface area contributed by atoms with E-state index in [0.717, 1.165) is 6.07 Å². The standard InChI is InChI=1S/C7H4Cl2F3N/c8-2-3-1-4(9)5(6(10)11)7(12)13-3/h1,6H,2H2. The van der Waals surface area contributed by atoms with E-state index in [4.69, 9.17) is 23.2 Å². The zero-order chi connectivity index (χ0) is 10.0. The van der Waals surface area contributed by atoms with Gasteiger partial charge in [-0.15, -0.1) is 11.6 Å². The molecule has 1 rings (SSSR count). The van der Waals surface area contributed by atoms with E-state index in [1.54, 1.807) is 0 Å². The lowest BCUT2D eigenvalue weighted by molar-refractivity contribution is 0.145. The fourth-order valence-electron chi connectivity index (χ4n) is 0.804. The Balaban J connectivity index is 3.23. The first kappa shape index (κ1) is 10.6. The first-order chi connectivity index (χ1) is 6.06. The second-order valence-corrected chi connectivity index (χ2v) is 2.91. The Morgan fingerprint density at radius 2 is 2.08 bits per heavy atom. The molecule has 1 aromatic rings. The number of rotatable bonds is 2. The molecular weight excluding hydrogens is 226 g/mol. The maximum absolute atomic E-state index is 12.8. The van der Waals surface area contributed by atoms with E-state index >= 15 is 0 Å². The van der Waals surface area contributed by atoms with Gasteiger partial charge in [0.25, 0.3) is 6.43 Å². The summed E-state index contributed by atoms with van der Waals surface area (Å²) in [6.07, 6.45) is -2.97. The van der Waals surface area contributed by atoms with Crippen LogP contribution >= 0.6 is 23.2 Å². The minimum atomic E-state index is -2.97. The van der Waals surface area contributed by atoms with Gasteiger partial charge in [-0.25, -0.2) is 13.8 Å². The van der Waals surface area contributed by atoms with Crippen LogP contribution in [0.15, 0.2) is 6.07 Å². The van der Waals surface area contributed by atoms with Crippen LogP contribution in [0.4, 0.5) is 13.2 Å². The number of nitrogens with zero attached hydrogens (tertiary/aromatic N) is 1. The average molecular weight is 230 g/mol. The summed E-state index contributed by atoms with van der Waals surface area (Å²) in [5, 5.41) is -0.349. The summed E-state index contributed by atoms with van der Waals surface area (Å²) in [6, 6.07) is 1.12. The third-order valence-corrected chi connectivity index (χ3v) is 1.96. The van der Waals surface area contributed by atoms with Gasteiger partial charge < -0.3 is 0 Å². The highest BCUT2D eigenvalue weighted by molar-refractivity contribution is 6.31. The van der Waals surface area contributed by atoms with Crippen molar-refractivity contribution in [3.63, 3.8) is 0 Å². The summed E-state index contributed by atoms with van der Waals surface area (Å²) in [5.74, 6) is -1.33. The van der Waals surface area contributed by atoms with Crippen LogP contribution in [0, 0.1) is 5.95 Å². The van der Waals surface area contributed by atoms with E-state index in [0.29, 0.717) is 0 Å². The van der Waals surface area contributed by atoms with Gasteiger partial charge in [0.1, 0.15) is 0 Å². The van der Waals surface area contributed by atoms with E-state index in [1.807, 2.05) is 0 Å². The van der Waals surface area contributed by atoms with Gasteiger partial charge in [-0.05, 0) is 6.07 Å². The molecule has 0 N–H and O–H groups in total. The van der Waals surface area contributed by atoms with Gasteiger partial charge in [-0.3, -0.25) is 0 Å². The first-order valence-electron chi connectivity index (χ1n) is 3.25. The van der Waals surface area contributed by atoms with Crippen molar-refractivity contribution in [2.24, 2.45) is 0 Å². The highest BCUT2D eigenvalue weighted by Crippen LogP contribution is 2.29. The monoisotopic (exact) mass is 229 g/mol. The molecule has 1 aromatic heterocycles. The third kappa shape index (κ3) is 2.25. The molecule has 0 amide bonds. The summed E-state index contributed by atoms with van der Waals surface area (Å²) in [6.45, 7) is 0. The molecule has 0 saturated heterocycles. The summed E-state index contributed by atoms with van der Waals surface area (Å²) in [7, 11) is 0. The average Bonchev–Trinajstić information content (AvgIpc) is 2.02. The summed E-state index contributed by atoms with van der Waals surface area (Å²) >= 11 is 10.7. The Labute approximate surface area is 82.5 Å². The highest BCUT2D eigenvalue weighted by Gasteiger charge is 2.19. The zero-order valence-corrected chi connectivity index (χ0v) is 7.71. The lowest BCUT2D eigenvalue weighted by Gasteiger charge is -2.04. The molecule has 72 valence electrons. The number of hydrogen-bond acceptors (Lipinski definition) is 1. The van der Waals surface area contributed by atoms with Crippen molar-refractivity contribution in [3.8, 4) is 0 Å². The first-order valence-corrected chi connectivity index (χ1v) is 4.16. The van der Waals surface area contributed by atoms with Crippen molar-refractivity contribution in [3.05, 3.63) is 28.3 Å². The molecular formula is C7H4Cl2F3N. The lowest BCUT2D eigenvalue weighted by atomic mass is 10.2. The smallest absolute Gasteiger partial charge is 0.223 e. The number of hydrogen-bond donors (Lipinski definition) is 0. The second kappa shape index (κ2) is 4.15. The van der Waals surface area contributed by atoms with Crippen molar-refractivity contribution in [1.29, 1.82) is 0 Å². The number of aromatic nitrogens is 1. The fourth-order valence-corrected chi connectivity index (χ4v) is 1.23. The highest BCUT2D eigenvalue weighted by atomic mass is 35.5. The molecule has 0 aliphatic heterocycles. The Kier molecular flexibility index (Phi) is 3.39. The fraction of sp³-hybridized carbons (Fsp3) is 0.286. The van der Waals surface area contributed by atoms with Gasteiger partial charge in [0, 0.05) is 0 Å². The van der Waals surface area contributed by atoms with Gasteiger partial charge in [-0.2, -0.15) is 4.39 Å². The van der Waals surface area contributed by atoms with Crippen LogP contribution in [0.1, 0.15) is 17.7 Å². The van der Waals surface area contributed by atoms with Gasteiger partial charge in [0.05, 0.1) is 22.2 Å². The predicted molar refractivity (Wildman–Crippen MR) is 43.7 cm³/mol. The van der Waals surface area contributed by atoms with Crippen molar-refractivity contribution in [1.82, 2.24) is 4.98 Å². The third-order valence-electron chi connectivity index (χ3n) is 1.37. The maximum atomic E-state index is 12.8. The molecule has 0 aliphatic carbocycles. The van der Waals surface area contributed by atoms with Gasteiger partial charge in [0.15, 0.2) is 0 Å². The van der Waals surface area contributed by atoms with Crippen LogP contribution < -0.4 is 0 Å². The Bertz CT molecular complexity index is 294. The van der Waals surface area contributed by atoms with E-state index in [2.05, 4.69) is 4.98 Å². The summed E-state index contributed by atoms with van der Waals surface area (Å²) in [5.41, 5.74) is -0.746. The van der Waals surface area contributed by atoms with Gasteiger partial charge in [-0.1, -0.05) is 11.6 Å². The van der Waals surface area contributed by atoms with Gasteiger partial charge in [0.2, 0.25) is 5.95 Å². The Hall–Kier alpha value is -0.480. The molecule has 0 unspecified atom stereocenters. The molecule has 0 aliphatic rings. The predicted octanol–water partition coefficient (Wildman–Crippen LogP) is 3.55. The normalized spacial score (nSPS) is 10.9. The molecule has 13 heavy (non-hydrogen) atoms. The minimum absolute atomic E-state index is 0.0693. The lowest BCUT2D eigenvalue weighted by Crippen LogP contribution is -1.99. The molecule has 0 atom stereocenters. The largest absolute Gasteiger partial charge is 0.269 e.